The molecule has 1 N–H and O–H groups in total. The fraction of sp³-hybridized carbons (Fsp3) is 0.286. The molecule has 0 aromatic carbocycles. The van der Waals surface area contributed by atoms with Gasteiger partial charge in [0.1, 0.15) is 0 Å². The van der Waals surface area contributed by atoms with Gasteiger partial charge in [0.15, 0.2) is 5.82 Å². The van der Waals surface area contributed by atoms with E-state index in [0.29, 0.717) is 6.07 Å². The third-order valence-electron chi connectivity index (χ3n) is 1.42. The topological polar surface area (TPSA) is 42.1 Å². The number of aromatic amines is 1. The number of halogens is 3. The molecule has 0 unspecified atom stereocenters. The van der Waals surface area contributed by atoms with E-state index >= 15 is 0 Å². The monoisotopic (exact) mass is 193 g/mol. The molecule has 0 radical (unpaired) electrons. The quantitative estimate of drug-likeness (QED) is 0.772. The van der Waals surface area contributed by atoms with Crippen molar-refractivity contribution < 1.29 is 17.9 Å². The van der Waals surface area contributed by atoms with Crippen molar-refractivity contribution >= 4 is 0 Å². The molecule has 0 spiro atoms. The predicted octanol–water partition coefficient (Wildman–Crippen LogP) is 1.46. The SMILES string of the molecule is COc1[nH]c(=O)cc(C(F)F)c1F. The molecule has 0 atom stereocenters. The first-order chi connectivity index (χ1) is 6.06. The minimum Gasteiger partial charge on any atom is -0.480 e. The zero-order chi connectivity index (χ0) is 10.0. The fourth-order valence-corrected chi connectivity index (χ4v) is 0.838. The Balaban J connectivity index is 3.36. The summed E-state index contributed by atoms with van der Waals surface area (Å²) >= 11 is 0. The molecular formula is C7H6F3NO2. The maximum Gasteiger partial charge on any atom is 0.267 e. The van der Waals surface area contributed by atoms with Crippen LogP contribution in [0.15, 0.2) is 10.9 Å². The van der Waals surface area contributed by atoms with Crippen LogP contribution < -0.4 is 10.3 Å². The summed E-state index contributed by atoms with van der Waals surface area (Å²) in [6, 6.07) is 0.502. The van der Waals surface area contributed by atoms with Gasteiger partial charge in [-0.15, -0.1) is 0 Å². The maximum atomic E-state index is 12.9. The number of hydrogen-bond acceptors (Lipinski definition) is 2. The fourth-order valence-electron chi connectivity index (χ4n) is 0.838. The summed E-state index contributed by atoms with van der Waals surface area (Å²) < 4.78 is 41.4. The van der Waals surface area contributed by atoms with E-state index in [1.54, 1.807) is 0 Å². The van der Waals surface area contributed by atoms with Gasteiger partial charge in [0.2, 0.25) is 5.88 Å². The van der Waals surface area contributed by atoms with E-state index in [0.717, 1.165) is 7.11 Å². The second kappa shape index (κ2) is 3.51. The number of H-pyrrole nitrogens is 1. The molecule has 6 heteroatoms. The predicted molar refractivity (Wildman–Crippen MR) is 38.5 cm³/mol. The standard InChI is InChI=1S/C7H6F3NO2/c1-13-7-5(8)3(6(9)10)2-4(12)11-7/h2,6H,1H3,(H,11,12). The van der Waals surface area contributed by atoms with E-state index in [4.69, 9.17) is 0 Å². The molecule has 0 aliphatic rings. The largest absolute Gasteiger partial charge is 0.480 e. The molecule has 0 saturated heterocycles. The normalized spacial score (nSPS) is 10.5. The summed E-state index contributed by atoms with van der Waals surface area (Å²) in [5.74, 6) is -1.82. The van der Waals surface area contributed by atoms with Crippen molar-refractivity contribution in [2.24, 2.45) is 0 Å². The minimum absolute atomic E-state index is 0.502. The van der Waals surface area contributed by atoms with Crippen LogP contribution in [0.4, 0.5) is 13.2 Å². The van der Waals surface area contributed by atoms with Gasteiger partial charge < -0.3 is 4.74 Å². The number of hydrogen-bond donors (Lipinski definition) is 1. The molecule has 1 heterocycles. The van der Waals surface area contributed by atoms with Crippen molar-refractivity contribution in [2.45, 2.75) is 6.43 Å². The van der Waals surface area contributed by atoms with Gasteiger partial charge in [0.25, 0.3) is 12.0 Å². The third-order valence-corrected chi connectivity index (χ3v) is 1.42. The minimum atomic E-state index is -3.03. The average Bonchev–Trinajstić information content (AvgIpc) is 2.08. The summed E-state index contributed by atoms with van der Waals surface area (Å²) in [5.41, 5.74) is -1.78. The molecule has 1 aromatic heterocycles. The third kappa shape index (κ3) is 1.82. The van der Waals surface area contributed by atoms with Crippen molar-refractivity contribution in [3.63, 3.8) is 0 Å². The summed E-state index contributed by atoms with van der Waals surface area (Å²) in [5, 5.41) is 0. The lowest BCUT2D eigenvalue weighted by atomic mass is 10.2. The van der Waals surface area contributed by atoms with Gasteiger partial charge in [-0.2, -0.15) is 0 Å². The molecule has 0 amide bonds. The molecule has 13 heavy (non-hydrogen) atoms. The van der Waals surface area contributed by atoms with Crippen LogP contribution in [0.25, 0.3) is 0 Å². The smallest absolute Gasteiger partial charge is 0.267 e. The molecule has 0 aliphatic carbocycles. The van der Waals surface area contributed by atoms with Crippen LogP contribution in [0.3, 0.4) is 0 Å². The number of methoxy groups -OCH3 is 1. The van der Waals surface area contributed by atoms with E-state index < -0.39 is 29.2 Å². The molecule has 1 rings (SSSR count). The van der Waals surface area contributed by atoms with Gasteiger partial charge in [-0.05, 0) is 0 Å². The summed E-state index contributed by atoms with van der Waals surface area (Å²) in [4.78, 5) is 12.6. The van der Waals surface area contributed by atoms with Gasteiger partial charge in [0, 0.05) is 6.07 Å². The first-order valence-corrected chi connectivity index (χ1v) is 3.31. The molecule has 72 valence electrons. The zero-order valence-corrected chi connectivity index (χ0v) is 6.61. The summed E-state index contributed by atoms with van der Waals surface area (Å²) in [6.45, 7) is 0. The number of nitrogens with one attached hydrogen (secondary N) is 1. The van der Waals surface area contributed by atoms with E-state index in [9.17, 15) is 18.0 Å². The number of rotatable bonds is 2. The van der Waals surface area contributed by atoms with Crippen LogP contribution in [-0.2, 0) is 0 Å². The highest BCUT2D eigenvalue weighted by molar-refractivity contribution is 5.24. The van der Waals surface area contributed by atoms with E-state index in [1.165, 1.54) is 0 Å². The van der Waals surface area contributed by atoms with E-state index in [2.05, 4.69) is 4.74 Å². The second-order valence-electron chi connectivity index (χ2n) is 2.24. The van der Waals surface area contributed by atoms with Crippen LogP contribution in [0.5, 0.6) is 5.88 Å². The molecule has 3 nitrogen and oxygen atoms in total. The molecule has 0 aliphatic heterocycles. The highest BCUT2D eigenvalue weighted by Gasteiger charge is 2.18. The van der Waals surface area contributed by atoms with Crippen molar-refractivity contribution in [3.05, 3.63) is 27.8 Å². The van der Waals surface area contributed by atoms with Crippen molar-refractivity contribution in [2.75, 3.05) is 7.11 Å². The molecule has 1 aromatic rings. The van der Waals surface area contributed by atoms with Gasteiger partial charge in [-0.25, -0.2) is 13.2 Å². The Morgan fingerprint density at radius 2 is 2.15 bits per heavy atom. The molecule has 0 saturated carbocycles. The average molecular weight is 193 g/mol. The number of aromatic nitrogens is 1. The van der Waals surface area contributed by atoms with Gasteiger partial charge in [0.05, 0.1) is 12.7 Å². The number of alkyl halides is 2. The Kier molecular flexibility index (Phi) is 2.60. The lowest BCUT2D eigenvalue weighted by Gasteiger charge is -2.04. The Morgan fingerprint density at radius 1 is 1.54 bits per heavy atom. The molecule has 0 fully saturated rings. The summed E-state index contributed by atoms with van der Waals surface area (Å²) in [7, 11) is 1.07. The highest BCUT2D eigenvalue weighted by atomic mass is 19.3. The zero-order valence-electron chi connectivity index (χ0n) is 6.61. The highest BCUT2D eigenvalue weighted by Crippen LogP contribution is 2.24. The van der Waals surface area contributed by atoms with E-state index in [-0.39, 0.29) is 0 Å². The Hall–Kier alpha value is -1.46. The first-order valence-electron chi connectivity index (χ1n) is 3.31. The van der Waals surface area contributed by atoms with Crippen LogP contribution in [0, 0.1) is 5.82 Å². The Bertz CT molecular complexity index is 361. The maximum absolute atomic E-state index is 12.9. The van der Waals surface area contributed by atoms with Crippen LogP contribution in [-0.4, -0.2) is 12.1 Å². The van der Waals surface area contributed by atoms with Crippen molar-refractivity contribution in [3.8, 4) is 5.88 Å². The van der Waals surface area contributed by atoms with E-state index in [1.807, 2.05) is 4.98 Å². The van der Waals surface area contributed by atoms with Gasteiger partial charge >= 0.3 is 0 Å². The second-order valence-corrected chi connectivity index (χ2v) is 2.24. The molecule has 0 bridgehead atoms. The Labute approximate surface area is 71.2 Å². The number of pyridine rings is 1. The Morgan fingerprint density at radius 3 is 2.62 bits per heavy atom. The van der Waals surface area contributed by atoms with Crippen LogP contribution in [0.2, 0.25) is 0 Å². The van der Waals surface area contributed by atoms with Crippen LogP contribution >= 0.6 is 0 Å². The van der Waals surface area contributed by atoms with Gasteiger partial charge in [-0.1, -0.05) is 0 Å². The molecular weight excluding hydrogens is 187 g/mol. The number of ether oxygens (including phenoxy) is 1. The van der Waals surface area contributed by atoms with Crippen molar-refractivity contribution in [1.29, 1.82) is 0 Å². The lowest BCUT2D eigenvalue weighted by molar-refractivity contribution is 0.144. The van der Waals surface area contributed by atoms with Crippen LogP contribution in [0.1, 0.15) is 12.0 Å². The summed E-state index contributed by atoms with van der Waals surface area (Å²) in [6.07, 6.45) is -3.03. The van der Waals surface area contributed by atoms with Crippen molar-refractivity contribution in [1.82, 2.24) is 4.98 Å². The lowest BCUT2D eigenvalue weighted by Crippen LogP contribution is -2.11. The first kappa shape index (κ1) is 9.63. The van der Waals surface area contributed by atoms with Gasteiger partial charge in [-0.3, -0.25) is 9.78 Å².